The summed E-state index contributed by atoms with van der Waals surface area (Å²) < 4.78 is 0. The molecule has 4 rings (SSSR count). The van der Waals surface area contributed by atoms with Crippen LogP contribution in [0.4, 0.5) is 0 Å². The maximum Gasteiger partial charge on any atom is 0.225 e. The molecule has 2 aromatic rings. The molecule has 5 heteroatoms. The molecule has 0 bridgehead atoms. The average molecular weight is 462 g/mol. The molecule has 0 aliphatic carbocycles. The van der Waals surface area contributed by atoms with E-state index in [9.17, 15) is 9.59 Å². The predicted octanol–water partition coefficient (Wildman–Crippen LogP) is 4.39. The molecule has 2 saturated heterocycles. The van der Waals surface area contributed by atoms with E-state index in [4.69, 9.17) is 0 Å². The van der Waals surface area contributed by atoms with Gasteiger partial charge in [-0.15, -0.1) is 0 Å². The van der Waals surface area contributed by atoms with Crippen molar-refractivity contribution >= 4 is 11.8 Å². The van der Waals surface area contributed by atoms with Gasteiger partial charge in [0.1, 0.15) is 0 Å². The number of piperazine rings is 1. The molecule has 2 heterocycles. The number of nitrogens with zero attached hydrogens (tertiary/aromatic N) is 3. The van der Waals surface area contributed by atoms with Gasteiger partial charge in [0.05, 0.1) is 0 Å². The van der Waals surface area contributed by atoms with Gasteiger partial charge in [-0.1, -0.05) is 60.7 Å². The minimum atomic E-state index is 0.0456. The lowest BCUT2D eigenvalue weighted by Gasteiger charge is -2.43. The molecule has 182 valence electrons. The highest BCUT2D eigenvalue weighted by Crippen LogP contribution is 2.30. The van der Waals surface area contributed by atoms with Crippen LogP contribution in [-0.4, -0.2) is 71.3 Å². The van der Waals surface area contributed by atoms with Crippen LogP contribution in [-0.2, 0) is 9.59 Å². The summed E-state index contributed by atoms with van der Waals surface area (Å²) in [6, 6.07) is 20.6. The number of piperidine rings is 1. The molecular formula is C29H39N3O2. The number of benzene rings is 2. The molecule has 0 unspecified atom stereocenters. The fourth-order valence-electron chi connectivity index (χ4n) is 5.33. The first-order chi connectivity index (χ1) is 16.3. The van der Waals surface area contributed by atoms with E-state index in [2.05, 4.69) is 49.9 Å². The van der Waals surface area contributed by atoms with Crippen molar-refractivity contribution in [2.24, 2.45) is 5.92 Å². The van der Waals surface area contributed by atoms with Crippen molar-refractivity contribution in [3.05, 3.63) is 71.8 Å². The fraction of sp³-hybridized carbons (Fsp3) is 0.517. The van der Waals surface area contributed by atoms with Crippen molar-refractivity contribution in [3.8, 4) is 0 Å². The van der Waals surface area contributed by atoms with E-state index in [1.807, 2.05) is 46.2 Å². The van der Waals surface area contributed by atoms with Crippen LogP contribution in [0.1, 0.15) is 57.1 Å². The summed E-state index contributed by atoms with van der Waals surface area (Å²) in [5, 5.41) is 0. The second kappa shape index (κ2) is 10.7. The molecule has 5 nitrogen and oxygen atoms in total. The quantitative estimate of drug-likeness (QED) is 0.663. The molecule has 2 amide bonds. The Hall–Kier alpha value is -2.66. The van der Waals surface area contributed by atoms with Gasteiger partial charge in [-0.25, -0.2) is 0 Å². The largest absolute Gasteiger partial charge is 0.343 e. The monoisotopic (exact) mass is 461 g/mol. The predicted molar refractivity (Wildman–Crippen MR) is 137 cm³/mol. The van der Waals surface area contributed by atoms with E-state index < -0.39 is 0 Å². The first-order valence-electron chi connectivity index (χ1n) is 12.7. The van der Waals surface area contributed by atoms with Crippen molar-refractivity contribution < 1.29 is 9.59 Å². The zero-order chi connectivity index (χ0) is 24.1. The Morgan fingerprint density at radius 3 is 1.74 bits per heavy atom. The van der Waals surface area contributed by atoms with Gasteiger partial charge in [0, 0.05) is 63.1 Å². The zero-order valence-corrected chi connectivity index (χ0v) is 21.0. The van der Waals surface area contributed by atoms with E-state index >= 15 is 0 Å². The molecular weight excluding hydrogens is 422 g/mol. The lowest BCUT2D eigenvalue weighted by Crippen LogP contribution is -2.56. The van der Waals surface area contributed by atoms with Crippen LogP contribution in [0.15, 0.2) is 60.7 Å². The normalized spacial score (nSPS) is 18.4. The molecule has 0 spiro atoms. The van der Waals surface area contributed by atoms with Crippen molar-refractivity contribution in [2.45, 2.75) is 51.5 Å². The van der Waals surface area contributed by atoms with Crippen LogP contribution in [0.2, 0.25) is 0 Å². The number of rotatable bonds is 5. The van der Waals surface area contributed by atoms with E-state index in [0.717, 1.165) is 39.0 Å². The Bertz CT molecular complexity index is 899. The van der Waals surface area contributed by atoms with Gasteiger partial charge in [-0.2, -0.15) is 0 Å². The third kappa shape index (κ3) is 5.87. The molecule has 2 aliphatic rings. The Balaban J connectivity index is 1.32. The molecule has 2 aliphatic heterocycles. The molecule has 34 heavy (non-hydrogen) atoms. The Morgan fingerprint density at radius 2 is 1.26 bits per heavy atom. The summed E-state index contributed by atoms with van der Waals surface area (Å²) in [5.41, 5.74) is 2.49. The minimum Gasteiger partial charge on any atom is -0.343 e. The summed E-state index contributed by atoms with van der Waals surface area (Å²) in [6.45, 7) is 11.5. The number of hydrogen-bond acceptors (Lipinski definition) is 3. The van der Waals surface area contributed by atoms with Crippen LogP contribution in [0.25, 0.3) is 0 Å². The highest BCUT2D eigenvalue weighted by Gasteiger charge is 2.34. The number of hydrogen-bond donors (Lipinski definition) is 0. The fourth-order valence-corrected chi connectivity index (χ4v) is 5.33. The summed E-state index contributed by atoms with van der Waals surface area (Å²) in [6.07, 6.45) is 2.00. The lowest BCUT2D eigenvalue weighted by molar-refractivity contribution is -0.142. The van der Waals surface area contributed by atoms with Crippen LogP contribution in [0.5, 0.6) is 0 Å². The van der Waals surface area contributed by atoms with Crippen LogP contribution < -0.4 is 0 Å². The Kier molecular flexibility index (Phi) is 7.72. The van der Waals surface area contributed by atoms with E-state index in [-0.39, 0.29) is 29.2 Å². The number of amides is 2. The van der Waals surface area contributed by atoms with Crippen molar-refractivity contribution in [3.63, 3.8) is 0 Å². The Morgan fingerprint density at radius 1 is 0.765 bits per heavy atom. The van der Waals surface area contributed by atoms with E-state index in [0.29, 0.717) is 19.5 Å². The standard InChI is InChI=1S/C29H39N3O2/c1-29(2,3)32-20-18-31(19-21-32)28(34)25-14-16-30(17-15-25)27(33)22-26(23-10-6-4-7-11-23)24-12-8-5-9-13-24/h4-13,25-26H,14-22H2,1-3H3. The van der Waals surface area contributed by atoms with Gasteiger partial charge in [0.15, 0.2) is 0 Å². The number of carbonyl (C=O) groups excluding carboxylic acids is 2. The smallest absolute Gasteiger partial charge is 0.225 e. The maximum absolute atomic E-state index is 13.3. The zero-order valence-electron chi connectivity index (χ0n) is 21.0. The molecule has 0 radical (unpaired) electrons. The SMILES string of the molecule is CC(C)(C)N1CCN(C(=O)C2CCN(C(=O)CC(c3ccccc3)c3ccccc3)CC2)CC1. The first kappa shape index (κ1) is 24.5. The third-order valence-electron chi connectivity index (χ3n) is 7.52. The van der Waals surface area contributed by atoms with Crippen molar-refractivity contribution in [2.75, 3.05) is 39.3 Å². The molecule has 0 N–H and O–H groups in total. The summed E-state index contributed by atoms with van der Waals surface area (Å²) in [4.78, 5) is 32.9. The lowest BCUT2D eigenvalue weighted by atomic mass is 9.87. The van der Waals surface area contributed by atoms with Gasteiger partial charge in [0.2, 0.25) is 11.8 Å². The second-order valence-corrected chi connectivity index (χ2v) is 10.7. The third-order valence-corrected chi connectivity index (χ3v) is 7.52. The highest BCUT2D eigenvalue weighted by molar-refractivity contribution is 5.81. The number of carbonyl (C=O) groups is 2. The molecule has 2 aromatic carbocycles. The maximum atomic E-state index is 13.3. The average Bonchev–Trinajstić information content (AvgIpc) is 2.87. The summed E-state index contributed by atoms with van der Waals surface area (Å²) >= 11 is 0. The molecule has 0 saturated carbocycles. The van der Waals surface area contributed by atoms with E-state index in [1.54, 1.807) is 0 Å². The number of likely N-dealkylation sites (tertiary alicyclic amines) is 1. The molecule has 0 aromatic heterocycles. The topological polar surface area (TPSA) is 43.9 Å². The van der Waals surface area contributed by atoms with Crippen LogP contribution in [0, 0.1) is 5.92 Å². The van der Waals surface area contributed by atoms with E-state index in [1.165, 1.54) is 11.1 Å². The first-order valence-corrected chi connectivity index (χ1v) is 12.7. The van der Waals surface area contributed by atoms with Gasteiger partial charge in [-0.3, -0.25) is 14.5 Å². The van der Waals surface area contributed by atoms with Crippen LogP contribution >= 0.6 is 0 Å². The highest BCUT2D eigenvalue weighted by atomic mass is 16.2. The van der Waals surface area contributed by atoms with Gasteiger partial charge < -0.3 is 9.80 Å². The molecule has 0 atom stereocenters. The van der Waals surface area contributed by atoms with Crippen LogP contribution in [0.3, 0.4) is 0 Å². The second-order valence-electron chi connectivity index (χ2n) is 10.7. The van der Waals surface area contributed by atoms with Gasteiger partial charge in [-0.05, 0) is 44.7 Å². The van der Waals surface area contributed by atoms with Crippen molar-refractivity contribution in [1.29, 1.82) is 0 Å². The summed E-state index contributed by atoms with van der Waals surface area (Å²) in [7, 11) is 0. The van der Waals surface area contributed by atoms with Crippen molar-refractivity contribution in [1.82, 2.24) is 14.7 Å². The van der Waals surface area contributed by atoms with Gasteiger partial charge in [0.25, 0.3) is 0 Å². The Labute approximate surface area is 204 Å². The van der Waals surface area contributed by atoms with Gasteiger partial charge >= 0.3 is 0 Å². The summed E-state index contributed by atoms with van der Waals surface area (Å²) in [5.74, 6) is 0.562. The minimum absolute atomic E-state index is 0.0456. The molecule has 2 fully saturated rings.